The maximum atomic E-state index is 12.5. The van der Waals surface area contributed by atoms with E-state index in [1.165, 1.54) is 6.92 Å². The van der Waals surface area contributed by atoms with Crippen LogP contribution in [0.25, 0.3) is 0 Å². The average molecular weight is 353 g/mol. The van der Waals surface area contributed by atoms with Gasteiger partial charge in [0.1, 0.15) is 0 Å². The highest BCUT2D eigenvalue weighted by atomic mass is 16.2. The van der Waals surface area contributed by atoms with Crippen molar-refractivity contribution in [3.8, 4) is 0 Å². The van der Waals surface area contributed by atoms with E-state index in [2.05, 4.69) is 34.5 Å². The number of carbonyl (C=O) groups is 2. The highest BCUT2D eigenvalue weighted by molar-refractivity contribution is 5.98. The summed E-state index contributed by atoms with van der Waals surface area (Å²) < 4.78 is 0. The molecule has 26 heavy (non-hydrogen) atoms. The third kappa shape index (κ3) is 5.17. The first-order chi connectivity index (χ1) is 12.3. The molecule has 0 aliphatic carbocycles. The van der Waals surface area contributed by atoms with Gasteiger partial charge in [-0.3, -0.25) is 14.5 Å². The molecule has 0 spiro atoms. The summed E-state index contributed by atoms with van der Waals surface area (Å²) in [6.07, 6.45) is 0. The first-order valence-corrected chi connectivity index (χ1v) is 8.66. The fourth-order valence-electron chi connectivity index (χ4n) is 2.59. The van der Waals surface area contributed by atoms with Crippen LogP contribution in [0.2, 0.25) is 0 Å². The summed E-state index contributed by atoms with van der Waals surface area (Å²) in [6, 6.07) is 15.0. The highest BCUT2D eigenvalue weighted by Gasteiger charge is 2.18. The van der Waals surface area contributed by atoms with Crippen LogP contribution in [0.15, 0.2) is 48.5 Å². The lowest BCUT2D eigenvalue weighted by Crippen LogP contribution is -2.39. The monoisotopic (exact) mass is 353 g/mol. The van der Waals surface area contributed by atoms with E-state index < -0.39 is 0 Å². The summed E-state index contributed by atoms with van der Waals surface area (Å²) in [5.74, 6) is -0.120. The number of hydrogen-bond acceptors (Lipinski definition) is 4. The molecular weight excluding hydrogens is 326 g/mol. The molecule has 5 nitrogen and oxygen atoms in total. The van der Waals surface area contributed by atoms with E-state index in [0.717, 1.165) is 11.3 Å². The Kier molecular flexibility index (Phi) is 6.52. The van der Waals surface area contributed by atoms with E-state index >= 15 is 0 Å². The average Bonchev–Trinajstić information content (AvgIpc) is 2.61. The Morgan fingerprint density at radius 1 is 1.04 bits per heavy atom. The molecule has 0 bridgehead atoms. The van der Waals surface area contributed by atoms with E-state index in [9.17, 15) is 9.59 Å². The quantitative estimate of drug-likeness (QED) is 0.775. The fourth-order valence-corrected chi connectivity index (χ4v) is 2.59. The first-order valence-electron chi connectivity index (χ1n) is 8.66. The van der Waals surface area contributed by atoms with Crippen molar-refractivity contribution in [2.24, 2.45) is 0 Å². The molecule has 0 aliphatic heterocycles. The molecule has 5 heteroatoms. The molecule has 0 radical (unpaired) electrons. The van der Waals surface area contributed by atoms with Crippen molar-refractivity contribution < 1.29 is 9.59 Å². The van der Waals surface area contributed by atoms with Crippen LogP contribution in [0.3, 0.4) is 0 Å². The van der Waals surface area contributed by atoms with Gasteiger partial charge in [0.15, 0.2) is 5.78 Å². The number of likely N-dealkylation sites (N-methyl/N-ethyl adjacent to an activating group) is 1. The number of Topliss-reactive ketones (excluding diaryl/α,β-unsaturated/α-hetero) is 1. The van der Waals surface area contributed by atoms with Gasteiger partial charge in [-0.15, -0.1) is 0 Å². The third-order valence-corrected chi connectivity index (χ3v) is 4.46. The number of rotatable bonds is 7. The predicted molar refractivity (Wildman–Crippen MR) is 107 cm³/mol. The topological polar surface area (TPSA) is 52.7 Å². The molecule has 2 aromatic carbocycles. The Morgan fingerprint density at radius 3 is 2.27 bits per heavy atom. The summed E-state index contributed by atoms with van der Waals surface area (Å²) in [7, 11) is 5.94. The molecular formula is C21H27N3O2. The zero-order valence-electron chi connectivity index (χ0n) is 16.1. The number of ketones is 1. The Balaban J connectivity index is 1.98. The van der Waals surface area contributed by atoms with E-state index in [1.807, 2.05) is 33.0 Å². The summed E-state index contributed by atoms with van der Waals surface area (Å²) in [6.45, 7) is 4.06. The molecule has 0 heterocycles. The Labute approximate surface area is 155 Å². The summed E-state index contributed by atoms with van der Waals surface area (Å²) >= 11 is 0. The smallest absolute Gasteiger partial charge is 0.241 e. The van der Waals surface area contributed by atoms with Gasteiger partial charge in [0.05, 0.1) is 6.04 Å². The van der Waals surface area contributed by atoms with Crippen LogP contribution in [0.1, 0.15) is 29.8 Å². The van der Waals surface area contributed by atoms with Crippen LogP contribution in [-0.2, 0) is 11.3 Å². The molecule has 0 saturated carbocycles. The number of nitrogens with one attached hydrogen (secondary N) is 1. The second-order valence-corrected chi connectivity index (χ2v) is 6.78. The minimum absolute atomic E-state index is 0.0209. The van der Waals surface area contributed by atoms with Gasteiger partial charge in [-0.1, -0.05) is 24.3 Å². The standard InChI is InChI=1S/C21H27N3O2/c1-15(21(26)22-19-8-6-7-18(13-19)16(2)25)24(5)14-17-9-11-20(12-10-17)23(3)4/h6-13,15H,14H2,1-5H3,(H,22,26)/t15-/m0/s1. The third-order valence-electron chi connectivity index (χ3n) is 4.46. The van der Waals surface area contributed by atoms with Gasteiger partial charge in [0, 0.05) is 37.6 Å². The Hall–Kier alpha value is -2.66. The predicted octanol–water partition coefficient (Wildman–Crippen LogP) is 3.41. The van der Waals surface area contributed by atoms with Crippen molar-refractivity contribution in [2.75, 3.05) is 31.4 Å². The van der Waals surface area contributed by atoms with Gasteiger partial charge in [0.25, 0.3) is 0 Å². The second-order valence-electron chi connectivity index (χ2n) is 6.78. The van der Waals surface area contributed by atoms with Gasteiger partial charge in [0.2, 0.25) is 5.91 Å². The SMILES string of the molecule is CC(=O)c1cccc(NC(=O)[C@H](C)N(C)Cc2ccc(N(C)C)cc2)c1. The molecule has 1 amide bonds. The molecule has 0 aromatic heterocycles. The maximum absolute atomic E-state index is 12.5. The molecule has 0 saturated heterocycles. The van der Waals surface area contributed by atoms with Crippen molar-refractivity contribution >= 4 is 23.1 Å². The number of anilines is 2. The molecule has 1 N–H and O–H groups in total. The van der Waals surface area contributed by atoms with Crippen molar-refractivity contribution in [2.45, 2.75) is 26.4 Å². The van der Waals surface area contributed by atoms with E-state index in [4.69, 9.17) is 0 Å². The van der Waals surface area contributed by atoms with Gasteiger partial charge in [-0.25, -0.2) is 0 Å². The molecule has 138 valence electrons. The largest absolute Gasteiger partial charge is 0.378 e. The Morgan fingerprint density at radius 2 is 1.69 bits per heavy atom. The van der Waals surface area contributed by atoms with Gasteiger partial charge >= 0.3 is 0 Å². The molecule has 2 aromatic rings. The summed E-state index contributed by atoms with van der Waals surface area (Å²) in [4.78, 5) is 28.0. The van der Waals surface area contributed by atoms with Crippen LogP contribution < -0.4 is 10.2 Å². The zero-order chi connectivity index (χ0) is 19.3. The summed E-state index contributed by atoms with van der Waals surface area (Å²) in [5.41, 5.74) is 3.52. The number of amides is 1. The van der Waals surface area contributed by atoms with Crippen LogP contribution in [0.4, 0.5) is 11.4 Å². The number of carbonyl (C=O) groups excluding carboxylic acids is 2. The molecule has 1 atom stereocenters. The van der Waals surface area contributed by atoms with Gasteiger partial charge in [-0.2, -0.15) is 0 Å². The normalized spacial score (nSPS) is 11.9. The van der Waals surface area contributed by atoms with Crippen LogP contribution >= 0.6 is 0 Å². The number of hydrogen-bond donors (Lipinski definition) is 1. The van der Waals surface area contributed by atoms with Gasteiger partial charge in [-0.05, 0) is 50.7 Å². The van der Waals surface area contributed by atoms with Crippen molar-refractivity contribution in [3.63, 3.8) is 0 Å². The number of nitrogens with zero attached hydrogens (tertiary/aromatic N) is 2. The van der Waals surface area contributed by atoms with Gasteiger partial charge < -0.3 is 10.2 Å². The van der Waals surface area contributed by atoms with E-state index in [-0.39, 0.29) is 17.7 Å². The lowest BCUT2D eigenvalue weighted by molar-refractivity contribution is -0.120. The zero-order valence-corrected chi connectivity index (χ0v) is 16.1. The summed E-state index contributed by atoms with van der Waals surface area (Å²) in [5, 5.41) is 2.89. The molecule has 0 aliphatic rings. The lowest BCUT2D eigenvalue weighted by Gasteiger charge is -2.24. The van der Waals surface area contributed by atoms with E-state index in [0.29, 0.717) is 17.8 Å². The molecule has 2 rings (SSSR count). The van der Waals surface area contributed by atoms with E-state index in [1.54, 1.807) is 24.3 Å². The van der Waals surface area contributed by atoms with Crippen LogP contribution in [-0.4, -0.2) is 43.8 Å². The lowest BCUT2D eigenvalue weighted by atomic mass is 10.1. The van der Waals surface area contributed by atoms with Crippen molar-refractivity contribution in [1.29, 1.82) is 0 Å². The number of benzene rings is 2. The van der Waals surface area contributed by atoms with Crippen molar-refractivity contribution in [3.05, 3.63) is 59.7 Å². The second kappa shape index (κ2) is 8.63. The first kappa shape index (κ1) is 19.7. The van der Waals surface area contributed by atoms with Crippen LogP contribution in [0.5, 0.6) is 0 Å². The Bertz CT molecular complexity index is 769. The minimum atomic E-state index is -0.301. The molecule has 0 fully saturated rings. The maximum Gasteiger partial charge on any atom is 0.241 e. The van der Waals surface area contributed by atoms with Crippen LogP contribution in [0, 0.1) is 0 Å². The van der Waals surface area contributed by atoms with Crippen molar-refractivity contribution in [1.82, 2.24) is 4.90 Å². The minimum Gasteiger partial charge on any atom is -0.378 e. The highest BCUT2D eigenvalue weighted by Crippen LogP contribution is 2.16. The molecule has 0 unspecified atom stereocenters. The fraction of sp³-hybridized carbons (Fsp3) is 0.333.